The monoisotopic (exact) mass is 323 g/mol. The van der Waals surface area contributed by atoms with Crippen LogP contribution in [0, 0.1) is 11.8 Å². The highest BCUT2D eigenvalue weighted by Gasteiger charge is 2.30. The van der Waals surface area contributed by atoms with Crippen LogP contribution in [0.2, 0.25) is 0 Å². The predicted octanol–water partition coefficient (Wildman–Crippen LogP) is 3.55. The second-order valence-electron chi connectivity index (χ2n) is 8.91. The Morgan fingerprint density at radius 3 is 1.96 bits per heavy atom. The van der Waals surface area contributed by atoms with Crippen LogP contribution in [0.25, 0.3) is 0 Å². The lowest BCUT2D eigenvalue weighted by Crippen LogP contribution is -2.57. The molecule has 0 aromatic rings. The molecule has 0 aliphatic carbocycles. The van der Waals surface area contributed by atoms with Gasteiger partial charge in [0.15, 0.2) is 0 Å². The Hall–Kier alpha value is -0.120. The summed E-state index contributed by atoms with van der Waals surface area (Å²) in [6.07, 6.45) is 4.24. The molecule has 0 amide bonds. The first-order valence-corrected chi connectivity index (χ1v) is 10.1. The Labute approximate surface area is 145 Å². The van der Waals surface area contributed by atoms with Gasteiger partial charge in [0.05, 0.1) is 0 Å². The van der Waals surface area contributed by atoms with E-state index < -0.39 is 0 Å². The molecule has 2 aliphatic rings. The van der Waals surface area contributed by atoms with Crippen molar-refractivity contribution in [2.75, 3.05) is 39.3 Å². The molecule has 2 heterocycles. The molecule has 136 valence electrons. The molecule has 0 radical (unpaired) electrons. The summed E-state index contributed by atoms with van der Waals surface area (Å²) in [6, 6.07) is 2.15. The smallest absolute Gasteiger partial charge is 0.0198 e. The number of piperidine rings is 1. The first-order valence-electron chi connectivity index (χ1n) is 10.1. The molecule has 2 aliphatic heterocycles. The van der Waals surface area contributed by atoms with Crippen LogP contribution in [0.1, 0.15) is 60.8 Å². The number of piperazine rings is 1. The van der Waals surface area contributed by atoms with E-state index in [1.54, 1.807) is 0 Å². The molecule has 3 nitrogen and oxygen atoms in total. The van der Waals surface area contributed by atoms with Gasteiger partial charge in [-0.15, -0.1) is 0 Å². The van der Waals surface area contributed by atoms with E-state index in [0.29, 0.717) is 12.1 Å². The van der Waals surface area contributed by atoms with Gasteiger partial charge in [0.25, 0.3) is 0 Å². The molecule has 0 aromatic heterocycles. The average molecular weight is 324 g/mol. The maximum absolute atomic E-state index is 2.74. The minimum atomic E-state index is 0.712. The van der Waals surface area contributed by atoms with Gasteiger partial charge in [-0.2, -0.15) is 0 Å². The van der Waals surface area contributed by atoms with E-state index in [4.69, 9.17) is 0 Å². The Balaban J connectivity index is 1.71. The quantitative estimate of drug-likeness (QED) is 0.740. The van der Waals surface area contributed by atoms with Crippen molar-refractivity contribution in [3.63, 3.8) is 0 Å². The number of nitrogens with zero attached hydrogens (tertiary/aromatic N) is 3. The summed E-state index contributed by atoms with van der Waals surface area (Å²) >= 11 is 0. The number of hydrogen-bond acceptors (Lipinski definition) is 3. The van der Waals surface area contributed by atoms with Gasteiger partial charge in [-0.25, -0.2) is 0 Å². The standard InChI is InChI=1S/C20H41N3/c1-16(2)13-23-18(5)14-21(15-19(23)6)10-7-20-8-11-22(12-9-20)17(3)4/h16-20H,7-15H2,1-6H3/t18-,19-/m1/s1. The highest BCUT2D eigenvalue weighted by Crippen LogP contribution is 2.24. The normalized spacial score (nSPS) is 29.7. The topological polar surface area (TPSA) is 9.72 Å². The molecule has 2 atom stereocenters. The van der Waals surface area contributed by atoms with E-state index in [1.165, 1.54) is 58.5 Å². The van der Waals surface area contributed by atoms with Crippen molar-refractivity contribution in [2.24, 2.45) is 11.8 Å². The molecule has 23 heavy (non-hydrogen) atoms. The summed E-state index contributed by atoms with van der Waals surface area (Å²) in [4.78, 5) is 8.11. The summed E-state index contributed by atoms with van der Waals surface area (Å²) in [7, 11) is 0. The Kier molecular flexibility index (Phi) is 7.37. The van der Waals surface area contributed by atoms with Crippen molar-refractivity contribution >= 4 is 0 Å². The zero-order chi connectivity index (χ0) is 17.0. The predicted molar refractivity (Wildman–Crippen MR) is 101 cm³/mol. The fourth-order valence-corrected chi connectivity index (χ4v) is 4.55. The SMILES string of the molecule is CC(C)CN1[C@H](C)CN(CCC2CCN(C(C)C)CC2)C[C@H]1C. The first kappa shape index (κ1) is 19.2. The third-order valence-corrected chi connectivity index (χ3v) is 5.99. The van der Waals surface area contributed by atoms with E-state index >= 15 is 0 Å². The highest BCUT2D eigenvalue weighted by molar-refractivity contribution is 4.86. The first-order chi connectivity index (χ1) is 10.9. The fourth-order valence-electron chi connectivity index (χ4n) is 4.55. The molecule has 0 spiro atoms. The molecule has 0 bridgehead atoms. The van der Waals surface area contributed by atoms with Crippen LogP contribution >= 0.6 is 0 Å². The number of rotatable bonds is 6. The zero-order valence-corrected chi connectivity index (χ0v) is 16.6. The minimum absolute atomic E-state index is 0.712. The number of likely N-dealkylation sites (tertiary alicyclic amines) is 1. The summed E-state index contributed by atoms with van der Waals surface area (Å²) in [6.45, 7) is 21.9. The summed E-state index contributed by atoms with van der Waals surface area (Å²) < 4.78 is 0. The highest BCUT2D eigenvalue weighted by atomic mass is 15.3. The van der Waals surface area contributed by atoms with E-state index in [1.807, 2.05) is 0 Å². The van der Waals surface area contributed by atoms with Crippen molar-refractivity contribution in [3.05, 3.63) is 0 Å². The summed E-state index contributed by atoms with van der Waals surface area (Å²) in [5.41, 5.74) is 0. The van der Waals surface area contributed by atoms with Gasteiger partial charge in [-0.3, -0.25) is 4.90 Å². The molecule has 2 rings (SSSR count). The van der Waals surface area contributed by atoms with Crippen LogP contribution in [0.5, 0.6) is 0 Å². The minimum Gasteiger partial charge on any atom is -0.301 e. The third-order valence-electron chi connectivity index (χ3n) is 5.99. The molecule has 3 heteroatoms. The van der Waals surface area contributed by atoms with Gasteiger partial charge in [-0.05, 0) is 78.4 Å². The summed E-state index contributed by atoms with van der Waals surface area (Å²) in [5.74, 6) is 1.74. The number of hydrogen-bond donors (Lipinski definition) is 0. The third kappa shape index (κ3) is 5.72. The van der Waals surface area contributed by atoms with Crippen molar-refractivity contribution < 1.29 is 0 Å². The fraction of sp³-hybridized carbons (Fsp3) is 1.00. The lowest BCUT2D eigenvalue weighted by atomic mass is 9.92. The van der Waals surface area contributed by atoms with Gasteiger partial charge in [0, 0.05) is 37.8 Å². The van der Waals surface area contributed by atoms with E-state index in [-0.39, 0.29) is 0 Å². The van der Waals surface area contributed by atoms with Gasteiger partial charge in [0.1, 0.15) is 0 Å². The Morgan fingerprint density at radius 1 is 0.913 bits per heavy atom. The lowest BCUT2D eigenvalue weighted by Gasteiger charge is -2.45. The Morgan fingerprint density at radius 2 is 1.48 bits per heavy atom. The average Bonchev–Trinajstić information content (AvgIpc) is 2.49. The molecular formula is C20H41N3. The summed E-state index contributed by atoms with van der Waals surface area (Å²) in [5, 5.41) is 0. The van der Waals surface area contributed by atoms with Crippen LogP contribution in [0.15, 0.2) is 0 Å². The van der Waals surface area contributed by atoms with Crippen molar-refractivity contribution in [3.8, 4) is 0 Å². The second kappa shape index (κ2) is 8.82. The van der Waals surface area contributed by atoms with Crippen molar-refractivity contribution in [1.82, 2.24) is 14.7 Å². The molecule has 0 saturated carbocycles. The Bertz CT molecular complexity index is 322. The van der Waals surface area contributed by atoms with Gasteiger partial charge in [-0.1, -0.05) is 13.8 Å². The molecule has 2 saturated heterocycles. The van der Waals surface area contributed by atoms with Gasteiger partial charge >= 0.3 is 0 Å². The molecule has 2 fully saturated rings. The van der Waals surface area contributed by atoms with Crippen LogP contribution in [-0.4, -0.2) is 72.1 Å². The van der Waals surface area contributed by atoms with Crippen LogP contribution in [0.3, 0.4) is 0 Å². The van der Waals surface area contributed by atoms with Crippen molar-refractivity contribution in [2.45, 2.75) is 78.9 Å². The van der Waals surface area contributed by atoms with Crippen LogP contribution in [0.4, 0.5) is 0 Å². The van der Waals surface area contributed by atoms with Crippen LogP contribution in [-0.2, 0) is 0 Å². The van der Waals surface area contributed by atoms with Crippen LogP contribution < -0.4 is 0 Å². The molecule has 0 unspecified atom stereocenters. The maximum atomic E-state index is 2.74. The molecular weight excluding hydrogens is 282 g/mol. The van der Waals surface area contributed by atoms with Crippen molar-refractivity contribution in [1.29, 1.82) is 0 Å². The van der Waals surface area contributed by atoms with E-state index in [9.17, 15) is 0 Å². The lowest BCUT2D eigenvalue weighted by molar-refractivity contribution is 0.0262. The molecule has 0 N–H and O–H groups in total. The van der Waals surface area contributed by atoms with Gasteiger partial charge < -0.3 is 9.80 Å². The van der Waals surface area contributed by atoms with E-state index in [2.05, 4.69) is 56.2 Å². The van der Waals surface area contributed by atoms with E-state index in [0.717, 1.165) is 17.9 Å². The molecule has 0 aromatic carbocycles. The second-order valence-corrected chi connectivity index (χ2v) is 8.91. The zero-order valence-electron chi connectivity index (χ0n) is 16.6. The maximum Gasteiger partial charge on any atom is 0.0198 e. The van der Waals surface area contributed by atoms with Gasteiger partial charge in [0.2, 0.25) is 0 Å². The largest absolute Gasteiger partial charge is 0.301 e.